The molecule has 7 rings (SSSR count). The number of aliphatic hydroxyl groups is 1. The summed E-state index contributed by atoms with van der Waals surface area (Å²) in [6.45, 7) is 3.12. The molecular formula is C35H36F3N5O3. The number of hydrogen-bond donors (Lipinski definition) is 2. The van der Waals surface area contributed by atoms with Gasteiger partial charge in [0.15, 0.2) is 5.82 Å². The second-order valence-electron chi connectivity index (χ2n) is 13.5. The monoisotopic (exact) mass is 631 g/mol. The lowest BCUT2D eigenvalue weighted by atomic mass is 9.75. The normalized spacial score (nSPS) is 26.8. The molecule has 2 N–H and O–H groups in total. The minimum atomic E-state index is -0.989. The predicted molar refractivity (Wildman–Crippen MR) is 170 cm³/mol. The van der Waals surface area contributed by atoms with Gasteiger partial charge in [-0.15, -0.1) is 6.42 Å². The second kappa shape index (κ2) is 11.3. The predicted octanol–water partition coefficient (Wildman–Crippen LogP) is 5.75. The Kier molecular flexibility index (Phi) is 7.48. The number of likely N-dealkylation sites (tertiary alicyclic amines) is 1. The highest BCUT2D eigenvalue weighted by atomic mass is 19.1. The van der Waals surface area contributed by atoms with E-state index in [1.807, 2.05) is 11.9 Å². The fourth-order valence-electron chi connectivity index (χ4n) is 8.10. The molecule has 2 aromatic heterocycles. The molecule has 8 nitrogen and oxygen atoms in total. The van der Waals surface area contributed by atoms with Gasteiger partial charge in [0.05, 0.1) is 23.2 Å². The van der Waals surface area contributed by atoms with E-state index in [0.717, 1.165) is 19.3 Å². The summed E-state index contributed by atoms with van der Waals surface area (Å²) in [5.74, 6) is 1.06. The van der Waals surface area contributed by atoms with Gasteiger partial charge in [-0.1, -0.05) is 18.4 Å². The number of alkyl halides is 1. The number of phenolic OH excluding ortho intramolecular Hbond substituents is 1. The average molecular weight is 632 g/mol. The summed E-state index contributed by atoms with van der Waals surface area (Å²) in [5.41, 5.74) is -1.65. The van der Waals surface area contributed by atoms with Crippen molar-refractivity contribution in [3.8, 4) is 35.4 Å². The highest BCUT2D eigenvalue weighted by Crippen LogP contribution is 2.48. The Morgan fingerprint density at radius 2 is 2.00 bits per heavy atom. The number of aromatic hydroxyl groups is 1. The van der Waals surface area contributed by atoms with Crippen LogP contribution in [-0.4, -0.2) is 81.2 Å². The third-order valence-corrected chi connectivity index (χ3v) is 10.1. The molecule has 2 saturated heterocycles. The molecule has 4 aromatic rings. The molecule has 2 aromatic carbocycles. The third-order valence-electron chi connectivity index (χ3n) is 10.1. The number of terminal acetylenes is 1. The quantitative estimate of drug-likeness (QED) is 0.269. The Morgan fingerprint density at radius 3 is 2.78 bits per heavy atom. The lowest BCUT2D eigenvalue weighted by Crippen LogP contribution is -2.54. The van der Waals surface area contributed by atoms with Gasteiger partial charge >= 0.3 is 6.01 Å². The number of pyridine rings is 1. The fourth-order valence-corrected chi connectivity index (χ4v) is 8.10. The van der Waals surface area contributed by atoms with Crippen LogP contribution in [0.3, 0.4) is 0 Å². The molecule has 4 unspecified atom stereocenters. The Hall–Kier alpha value is -4.14. The van der Waals surface area contributed by atoms with E-state index in [0.29, 0.717) is 48.9 Å². The van der Waals surface area contributed by atoms with E-state index in [2.05, 4.69) is 20.8 Å². The lowest BCUT2D eigenvalue weighted by Gasteiger charge is -2.45. The van der Waals surface area contributed by atoms with E-state index in [-0.39, 0.29) is 58.7 Å². The Labute approximate surface area is 265 Å². The number of benzene rings is 2. The maximum Gasteiger partial charge on any atom is 0.319 e. The topological polar surface area (TPSA) is 94.8 Å². The first-order chi connectivity index (χ1) is 22.0. The van der Waals surface area contributed by atoms with Gasteiger partial charge < -0.3 is 19.8 Å². The Bertz CT molecular complexity index is 1900. The van der Waals surface area contributed by atoms with Crippen LogP contribution in [0, 0.1) is 29.4 Å². The largest absolute Gasteiger partial charge is 0.508 e. The van der Waals surface area contributed by atoms with Gasteiger partial charge in [-0.05, 0) is 69.7 Å². The summed E-state index contributed by atoms with van der Waals surface area (Å²) in [7, 11) is 1.94. The molecule has 0 spiro atoms. The smallest absolute Gasteiger partial charge is 0.319 e. The van der Waals surface area contributed by atoms with Crippen molar-refractivity contribution in [1.29, 1.82) is 0 Å². The summed E-state index contributed by atoms with van der Waals surface area (Å²) < 4.78 is 52.7. The molecule has 2 aliphatic heterocycles. The number of rotatable bonds is 5. The van der Waals surface area contributed by atoms with Crippen molar-refractivity contribution in [2.75, 3.05) is 38.2 Å². The first-order valence-electron chi connectivity index (χ1n) is 15.7. The summed E-state index contributed by atoms with van der Waals surface area (Å²) >= 11 is 0. The molecule has 11 heteroatoms. The first-order valence-corrected chi connectivity index (χ1v) is 15.7. The van der Waals surface area contributed by atoms with Crippen molar-refractivity contribution < 1.29 is 28.1 Å². The number of phenols is 1. The number of halogens is 3. The van der Waals surface area contributed by atoms with E-state index in [9.17, 15) is 19.0 Å². The van der Waals surface area contributed by atoms with E-state index in [1.165, 1.54) is 30.5 Å². The van der Waals surface area contributed by atoms with Crippen molar-refractivity contribution in [1.82, 2.24) is 19.9 Å². The van der Waals surface area contributed by atoms with Crippen molar-refractivity contribution in [2.45, 2.75) is 63.3 Å². The number of nitrogens with zero attached hydrogens (tertiary/aromatic N) is 5. The van der Waals surface area contributed by atoms with E-state index >= 15 is 4.39 Å². The molecule has 240 valence electrons. The van der Waals surface area contributed by atoms with Crippen LogP contribution in [0.4, 0.5) is 19.0 Å². The van der Waals surface area contributed by atoms with Crippen LogP contribution >= 0.6 is 0 Å². The van der Waals surface area contributed by atoms with Gasteiger partial charge in [0.2, 0.25) is 0 Å². The molecule has 3 fully saturated rings. The van der Waals surface area contributed by atoms with Crippen LogP contribution in [0.5, 0.6) is 11.8 Å². The van der Waals surface area contributed by atoms with Crippen LogP contribution in [0.15, 0.2) is 30.5 Å². The van der Waals surface area contributed by atoms with Crippen LogP contribution < -0.4 is 9.64 Å². The molecule has 3 aliphatic rings. The number of β-amino-alcohol motifs (C(OH)–C–C–N with tert-alkyl or cyclic N) is 1. The molecule has 46 heavy (non-hydrogen) atoms. The lowest BCUT2D eigenvalue weighted by molar-refractivity contribution is -0.0244. The SMILES string of the molecule is C#Cc1c(F)ccc2cc(O)cc(-c3ncc4c(N5CCCC(C)(O)C5)nc(OCC56CCCC5N(C)CC(F)C6)nc4c3F)c12. The summed E-state index contributed by atoms with van der Waals surface area (Å²) in [4.78, 5) is 17.6. The molecule has 1 aliphatic carbocycles. The minimum Gasteiger partial charge on any atom is -0.508 e. The van der Waals surface area contributed by atoms with Gasteiger partial charge in [0, 0.05) is 48.2 Å². The first kappa shape index (κ1) is 30.5. The molecule has 0 amide bonds. The number of aromatic nitrogens is 3. The molecule has 1 saturated carbocycles. The Morgan fingerprint density at radius 1 is 1.17 bits per heavy atom. The molecule has 0 radical (unpaired) electrons. The summed E-state index contributed by atoms with van der Waals surface area (Å²) in [6, 6.07) is 5.48. The van der Waals surface area contributed by atoms with Crippen molar-refractivity contribution >= 4 is 27.5 Å². The molecule has 4 atom stereocenters. The highest BCUT2D eigenvalue weighted by Gasteiger charge is 2.50. The number of anilines is 1. The van der Waals surface area contributed by atoms with Gasteiger partial charge in [-0.25, -0.2) is 13.2 Å². The second-order valence-corrected chi connectivity index (χ2v) is 13.5. The molecular weight excluding hydrogens is 595 g/mol. The van der Waals surface area contributed by atoms with Crippen molar-refractivity contribution in [3.05, 3.63) is 47.7 Å². The zero-order valence-electron chi connectivity index (χ0n) is 25.9. The zero-order valence-corrected chi connectivity index (χ0v) is 25.9. The van der Waals surface area contributed by atoms with Crippen molar-refractivity contribution in [2.24, 2.45) is 5.41 Å². The van der Waals surface area contributed by atoms with E-state index in [1.54, 1.807) is 6.92 Å². The van der Waals surface area contributed by atoms with E-state index < -0.39 is 28.8 Å². The average Bonchev–Trinajstić information content (AvgIpc) is 3.44. The van der Waals surface area contributed by atoms with Gasteiger partial charge in [-0.3, -0.25) is 9.88 Å². The number of ether oxygens (including phenoxy) is 1. The number of fused-ring (bicyclic) bond motifs is 3. The van der Waals surface area contributed by atoms with E-state index in [4.69, 9.17) is 16.1 Å². The number of hydrogen-bond acceptors (Lipinski definition) is 8. The zero-order chi connectivity index (χ0) is 32.4. The fraction of sp³-hybridized carbons (Fsp3) is 0.457. The minimum absolute atomic E-state index is 0.0662. The summed E-state index contributed by atoms with van der Waals surface area (Å²) in [5, 5.41) is 22.4. The van der Waals surface area contributed by atoms with Crippen LogP contribution in [0.2, 0.25) is 0 Å². The maximum atomic E-state index is 16.8. The number of piperidine rings is 2. The standard InChI is InChI=1S/C35H36F3N5O3/c1-4-23-26(37)9-8-20-13-22(44)14-24(28(20)23)30-29(38)31-25(16-39-30)32(43-12-6-10-34(2,45)18-43)41-33(40-31)46-19-35-11-5-7-27(35)42(3)17-21(36)15-35/h1,8-9,13-14,16,21,27,44-45H,5-7,10-12,15,17-19H2,2-3H3. The van der Waals surface area contributed by atoms with Crippen LogP contribution in [-0.2, 0) is 0 Å². The third kappa shape index (κ3) is 5.17. The van der Waals surface area contributed by atoms with Crippen molar-refractivity contribution in [3.63, 3.8) is 0 Å². The molecule has 0 bridgehead atoms. The Balaban J connectivity index is 1.38. The van der Waals surface area contributed by atoms with Gasteiger partial charge in [-0.2, -0.15) is 9.97 Å². The maximum absolute atomic E-state index is 16.8. The van der Waals surface area contributed by atoms with Crippen LogP contribution in [0.25, 0.3) is 32.9 Å². The van der Waals surface area contributed by atoms with Gasteiger partial charge in [0.25, 0.3) is 0 Å². The van der Waals surface area contributed by atoms with Crippen LogP contribution in [0.1, 0.15) is 51.0 Å². The summed E-state index contributed by atoms with van der Waals surface area (Å²) in [6.07, 6.45) is 10.5. The highest BCUT2D eigenvalue weighted by molar-refractivity contribution is 6.03. The van der Waals surface area contributed by atoms with Gasteiger partial charge in [0.1, 0.15) is 34.8 Å². The molecule has 4 heterocycles.